The molecule has 2 amide bonds. The van der Waals surface area contributed by atoms with Gasteiger partial charge in [-0.3, -0.25) is 14.4 Å². The number of rotatable bonds is 16. The third-order valence-corrected chi connectivity index (χ3v) is 2.98. The van der Waals surface area contributed by atoms with Crippen LogP contribution in [0.4, 0.5) is 0 Å². The molecule has 8 nitrogen and oxygen atoms in total. The monoisotopic (exact) mass is 345 g/mol. The summed E-state index contributed by atoms with van der Waals surface area (Å²) in [5, 5.41) is 8.52. The first-order valence-corrected chi connectivity index (χ1v) is 8.39. The minimum Gasteiger partial charge on any atom is -0.377 e. The van der Waals surface area contributed by atoms with Gasteiger partial charge in [0, 0.05) is 25.9 Å². The number of amides is 2. The number of hydrogen-bond donors (Lipinski definition) is 3. The second-order valence-corrected chi connectivity index (χ2v) is 5.38. The van der Waals surface area contributed by atoms with Crippen LogP contribution in [0.25, 0.3) is 0 Å². The summed E-state index contributed by atoms with van der Waals surface area (Å²) in [6, 6.07) is 0. The molecular weight excluding hydrogens is 314 g/mol. The minimum absolute atomic E-state index is 0.0172. The van der Waals surface area contributed by atoms with E-state index < -0.39 is 0 Å². The standard InChI is InChI=1S/C16H31N3O5/c1-14(20)13-24-12-11-23-10-9-19-16(22)6-4-8-18-15(21)5-3-7-17-2/h17H,3-13H2,1-2H3,(H,18,21)(H,19,22). The van der Waals surface area contributed by atoms with Crippen LogP contribution in [0.15, 0.2) is 0 Å². The molecule has 0 rings (SSSR count). The van der Waals surface area contributed by atoms with Gasteiger partial charge in [-0.1, -0.05) is 0 Å². The number of Topliss-reactive ketones (excluding diaryl/α,β-unsaturated/α-hetero) is 1. The summed E-state index contributed by atoms with van der Waals surface area (Å²) in [7, 11) is 1.85. The van der Waals surface area contributed by atoms with Gasteiger partial charge in [0.05, 0.1) is 19.8 Å². The van der Waals surface area contributed by atoms with E-state index in [2.05, 4.69) is 16.0 Å². The molecule has 0 unspecified atom stereocenters. The summed E-state index contributed by atoms with van der Waals surface area (Å²) in [6.45, 7) is 4.48. The Morgan fingerprint density at radius 1 is 0.792 bits per heavy atom. The van der Waals surface area contributed by atoms with Crippen LogP contribution in [-0.2, 0) is 23.9 Å². The van der Waals surface area contributed by atoms with E-state index in [1.165, 1.54) is 6.92 Å². The average molecular weight is 345 g/mol. The molecule has 0 aromatic heterocycles. The topological polar surface area (TPSA) is 106 Å². The number of ether oxygens (including phenoxy) is 2. The van der Waals surface area contributed by atoms with Gasteiger partial charge in [-0.05, 0) is 33.4 Å². The Morgan fingerprint density at radius 3 is 2.00 bits per heavy atom. The van der Waals surface area contributed by atoms with Gasteiger partial charge in [0.1, 0.15) is 6.61 Å². The predicted molar refractivity (Wildman–Crippen MR) is 90.7 cm³/mol. The Kier molecular flexibility index (Phi) is 15.3. The first-order valence-electron chi connectivity index (χ1n) is 8.39. The van der Waals surface area contributed by atoms with Crippen molar-refractivity contribution in [1.29, 1.82) is 0 Å². The van der Waals surface area contributed by atoms with Crippen molar-refractivity contribution in [1.82, 2.24) is 16.0 Å². The molecule has 3 N–H and O–H groups in total. The number of hydrogen-bond acceptors (Lipinski definition) is 6. The summed E-state index contributed by atoms with van der Waals surface area (Å²) in [5.74, 6) is -0.0571. The largest absolute Gasteiger partial charge is 0.377 e. The second kappa shape index (κ2) is 16.4. The fourth-order valence-corrected chi connectivity index (χ4v) is 1.78. The van der Waals surface area contributed by atoms with Crippen LogP contribution < -0.4 is 16.0 Å². The molecule has 0 aromatic carbocycles. The molecule has 0 saturated heterocycles. The van der Waals surface area contributed by atoms with Gasteiger partial charge < -0.3 is 25.4 Å². The summed E-state index contributed by atoms with van der Waals surface area (Å²) >= 11 is 0. The Balaban J connectivity index is 3.32. The second-order valence-electron chi connectivity index (χ2n) is 5.38. The molecule has 0 saturated carbocycles. The van der Waals surface area contributed by atoms with Crippen molar-refractivity contribution in [3.8, 4) is 0 Å². The number of ketones is 1. The molecule has 0 fully saturated rings. The van der Waals surface area contributed by atoms with E-state index in [4.69, 9.17) is 9.47 Å². The van der Waals surface area contributed by atoms with Gasteiger partial charge in [0.25, 0.3) is 0 Å². The normalized spacial score (nSPS) is 10.4. The van der Waals surface area contributed by atoms with Crippen molar-refractivity contribution >= 4 is 17.6 Å². The maximum absolute atomic E-state index is 11.6. The van der Waals surface area contributed by atoms with E-state index >= 15 is 0 Å². The van der Waals surface area contributed by atoms with Crippen molar-refractivity contribution in [3.05, 3.63) is 0 Å². The Hall–Kier alpha value is -1.51. The maximum atomic E-state index is 11.6. The molecule has 0 radical (unpaired) electrons. The van der Waals surface area contributed by atoms with Gasteiger partial charge >= 0.3 is 0 Å². The zero-order valence-corrected chi connectivity index (χ0v) is 14.8. The summed E-state index contributed by atoms with van der Waals surface area (Å²) in [5.41, 5.74) is 0. The molecule has 0 aliphatic carbocycles. The quantitative estimate of drug-likeness (QED) is 0.329. The number of carbonyl (C=O) groups excluding carboxylic acids is 3. The molecule has 24 heavy (non-hydrogen) atoms. The molecule has 8 heteroatoms. The van der Waals surface area contributed by atoms with E-state index in [1.807, 2.05) is 7.05 Å². The highest BCUT2D eigenvalue weighted by molar-refractivity contribution is 5.77. The molecular formula is C16H31N3O5. The highest BCUT2D eigenvalue weighted by Gasteiger charge is 2.03. The van der Waals surface area contributed by atoms with Gasteiger partial charge in [-0.15, -0.1) is 0 Å². The zero-order valence-electron chi connectivity index (χ0n) is 14.8. The number of carbonyl (C=O) groups is 3. The molecule has 140 valence electrons. The highest BCUT2D eigenvalue weighted by atomic mass is 16.5. The summed E-state index contributed by atoms with van der Waals surface area (Å²) in [4.78, 5) is 33.6. The third kappa shape index (κ3) is 16.9. The van der Waals surface area contributed by atoms with Crippen molar-refractivity contribution in [2.45, 2.75) is 32.6 Å². The van der Waals surface area contributed by atoms with E-state index in [9.17, 15) is 14.4 Å². The Bertz CT molecular complexity index is 364. The van der Waals surface area contributed by atoms with Crippen molar-refractivity contribution in [2.24, 2.45) is 0 Å². The third-order valence-electron chi connectivity index (χ3n) is 2.98. The lowest BCUT2D eigenvalue weighted by atomic mass is 10.2. The van der Waals surface area contributed by atoms with Crippen molar-refractivity contribution in [3.63, 3.8) is 0 Å². The molecule has 0 heterocycles. The number of nitrogens with one attached hydrogen (secondary N) is 3. The summed E-state index contributed by atoms with van der Waals surface area (Å²) in [6.07, 6.45) is 2.30. The lowest BCUT2D eigenvalue weighted by Gasteiger charge is -2.07. The molecule has 0 atom stereocenters. The van der Waals surface area contributed by atoms with Crippen molar-refractivity contribution in [2.75, 3.05) is 53.1 Å². The fraction of sp³-hybridized carbons (Fsp3) is 0.812. The minimum atomic E-state index is -0.0594. The molecule has 0 bridgehead atoms. The van der Waals surface area contributed by atoms with Gasteiger partial charge in [0.15, 0.2) is 5.78 Å². The lowest BCUT2D eigenvalue weighted by molar-refractivity contribution is -0.123. The van der Waals surface area contributed by atoms with Gasteiger partial charge in [-0.25, -0.2) is 0 Å². The molecule has 0 aliphatic rings. The van der Waals surface area contributed by atoms with E-state index in [1.54, 1.807) is 0 Å². The lowest BCUT2D eigenvalue weighted by Crippen LogP contribution is -2.29. The van der Waals surface area contributed by atoms with Crippen LogP contribution in [0.3, 0.4) is 0 Å². The average Bonchev–Trinajstić information content (AvgIpc) is 2.54. The van der Waals surface area contributed by atoms with Crippen LogP contribution in [0.5, 0.6) is 0 Å². The van der Waals surface area contributed by atoms with Gasteiger partial charge in [0.2, 0.25) is 11.8 Å². The van der Waals surface area contributed by atoms with Crippen LogP contribution in [0.2, 0.25) is 0 Å². The molecule has 0 spiro atoms. The van der Waals surface area contributed by atoms with Crippen LogP contribution >= 0.6 is 0 Å². The van der Waals surface area contributed by atoms with Crippen LogP contribution in [0.1, 0.15) is 32.6 Å². The first kappa shape index (κ1) is 22.5. The van der Waals surface area contributed by atoms with E-state index in [0.29, 0.717) is 52.2 Å². The first-order chi connectivity index (χ1) is 11.6. The predicted octanol–water partition coefficient (Wildman–Crippen LogP) is -0.379. The SMILES string of the molecule is CNCCCC(=O)NCCCC(=O)NCCOCCOCC(C)=O. The maximum Gasteiger partial charge on any atom is 0.220 e. The van der Waals surface area contributed by atoms with Crippen LogP contribution in [0, 0.1) is 0 Å². The zero-order chi connectivity index (χ0) is 18.0. The van der Waals surface area contributed by atoms with E-state index in [-0.39, 0.29) is 24.2 Å². The fourth-order valence-electron chi connectivity index (χ4n) is 1.78. The molecule has 0 aliphatic heterocycles. The Labute approximate surface area is 144 Å². The van der Waals surface area contributed by atoms with Gasteiger partial charge in [-0.2, -0.15) is 0 Å². The molecule has 0 aromatic rings. The van der Waals surface area contributed by atoms with Crippen LogP contribution in [-0.4, -0.2) is 70.7 Å². The van der Waals surface area contributed by atoms with E-state index in [0.717, 1.165) is 13.0 Å². The van der Waals surface area contributed by atoms with Crippen molar-refractivity contribution < 1.29 is 23.9 Å². The smallest absolute Gasteiger partial charge is 0.220 e. The summed E-state index contributed by atoms with van der Waals surface area (Å²) < 4.78 is 10.3. The highest BCUT2D eigenvalue weighted by Crippen LogP contribution is 1.90. The Morgan fingerprint density at radius 2 is 1.38 bits per heavy atom.